The van der Waals surface area contributed by atoms with Crippen molar-refractivity contribution in [3.63, 3.8) is 0 Å². The number of amides is 2. The fourth-order valence-electron chi connectivity index (χ4n) is 4.20. The molecule has 0 aliphatic carbocycles. The molecule has 2 aliphatic heterocycles. The first-order chi connectivity index (χ1) is 17.1. The maximum absolute atomic E-state index is 15.2. The van der Waals surface area contributed by atoms with Crippen molar-refractivity contribution in [3.05, 3.63) is 68.7 Å². The van der Waals surface area contributed by atoms with E-state index in [0.29, 0.717) is 12.6 Å². The van der Waals surface area contributed by atoms with Crippen molar-refractivity contribution in [2.75, 3.05) is 19.6 Å². The molecule has 14 heteroatoms. The number of nitrogens with zero attached hydrogens (tertiary/aromatic N) is 2. The van der Waals surface area contributed by atoms with Crippen molar-refractivity contribution in [2.45, 2.75) is 37.0 Å². The number of oxime groups is 1. The molecule has 1 N–H and O–H groups in total. The first-order valence-electron chi connectivity index (χ1n) is 10.8. The number of hydrogen-bond acceptors (Lipinski definition) is 3. The third kappa shape index (κ3) is 4.81. The number of alkyl halides is 7. The summed E-state index contributed by atoms with van der Waals surface area (Å²) in [7, 11) is 0. The van der Waals surface area contributed by atoms with E-state index in [9.17, 15) is 31.1 Å². The topological polar surface area (TPSA) is 53.9 Å². The molecule has 2 heterocycles. The Hall–Kier alpha value is -2.73. The molecule has 37 heavy (non-hydrogen) atoms. The van der Waals surface area contributed by atoms with Gasteiger partial charge in [0.15, 0.2) is 5.67 Å². The molecule has 0 bridgehead atoms. The summed E-state index contributed by atoms with van der Waals surface area (Å²) in [5.74, 6) is 0. The number of carbonyl (C=O) groups is 1. The molecule has 0 radical (unpaired) electrons. The Kier molecular flexibility index (Phi) is 6.81. The maximum Gasteiger partial charge on any atom is 0.435 e. The van der Waals surface area contributed by atoms with Gasteiger partial charge >= 0.3 is 18.4 Å². The molecular weight excluding hydrogens is 554 g/mol. The van der Waals surface area contributed by atoms with Crippen LogP contribution in [0.5, 0.6) is 0 Å². The Morgan fingerprint density at radius 1 is 1.08 bits per heavy atom. The van der Waals surface area contributed by atoms with E-state index in [1.54, 1.807) is 6.92 Å². The van der Waals surface area contributed by atoms with E-state index in [-0.39, 0.29) is 36.0 Å². The summed E-state index contributed by atoms with van der Waals surface area (Å²) >= 11 is 11.3. The fourth-order valence-corrected chi connectivity index (χ4v) is 4.63. The lowest BCUT2D eigenvalue weighted by Gasteiger charge is -2.44. The van der Waals surface area contributed by atoms with Crippen molar-refractivity contribution in [1.29, 1.82) is 0 Å². The zero-order valence-corrected chi connectivity index (χ0v) is 20.4. The summed E-state index contributed by atoms with van der Waals surface area (Å²) < 4.78 is 98.0. The van der Waals surface area contributed by atoms with E-state index in [1.807, 2.05) is 0 Å². The van der Waals surface area contributed by atoms with E-state index in [4.69, 9.17) is 28.0 Å². The van der Waals surface area contributed by atoms with Crippen molar-refractivity contribution in [1.82, 2.24) is 10.2 Å². The van der Waals surface area contributed by atoms with Crippen LogP contribution >= 0.6 is 23.2 Å². The molecule has 2 aromatic rings. The average molecular weight is 572 g/mol. The summed E-state index contributed by atoms with van der Waals surface area (Å²) in [5, 5.41) is 4.40. The van der Waals surface area contributed by atoms with Crippen LogP contribution in [0.15, 0.2) is 41.6 Å². The highest BCUT2D eigenvalue weighted by molar-refractivity contribution is 6.42. The maximum atomic E-state index is 15.2. The molecule has 200 valence electrons. The van der Waals surface area contributed by atoms with E-state index in [1.165, 1.54) is 29.2 Å². The van der Waals surface area contributed by atoms with Gasteiger partial charge in [0, 0.05) is 18.5 Å². The summed E-state index contributed by atoms with van der Waals surface area (Å²) in [6.45, 7) is 1.71. The Bertz CT molecular complexity index is 1240. The van der Waals surface area contributed by atoms with Gasteiger partial charge in [0.2, 0.25) is 0 Å². The van der Waals surface area contributed by atoms with Crippen molar-refractivity contribution < 1.29 is 40.4 Å². The zero-order chi connectivity index (χ0) is 27.4. The summed E-state index contributed by atoms with van der Waals surface area (Å²) in [5.41, 5.74) is -7.41. The van der Waals surface area contributed by atoms with Crippen molar-refractivity contribution in [2.24, 2.45) is 5.16 Å². The van der Waals surface area contributed by atoms with Gasteiger partial charge in [-0.25, -0.2) is 9.18 Å². The number of benzene rings is 2. The van der Waals surface area contributed by atoms with Crippen LogP contribution in [0.3, 0.4) is 0 Å². The van der Waals surface area contributed by atoms with Crippen LogP contribution < -0.4 is 5.32 Å². The van der Waals surface area contributed by atoms with Gasteiger partial charge in [-0.05, 0) is 30.2 Å². The highest BCUT2D eigenvalue weighted by Crippen LogP contribution is 2.51. The molecule has 1 fully saturated rings. The second-order valence-electron chi connectivity index (χ2n) is 8.68. The molecule has 1 unspecified atom stereocenters. The normalized spacial score (nSPS) is 21.2. The lowest BCUT2D eigenvalue weighted by Crippen LogP contribution is -2.61. The lowest BCUT2D eigenvalue weighted by atomic mass is 9.84. The number of rotatable bonds is 4. The Balaban J connectivity index is 1.59. The summed E-state index contributed by atoms with van der Waals surface area (Å²) in [4.78, 5) is 17.9. The lowest BCUT2D eigenvalue weighted by molar-refractivity contribution is -0.276. The molecule has 0 aromatic heterocycles. The van der Waals surface area contributed by atoms with Gasteiger partial charge in [-0.1, -0.05) is 52.6 Å². The van der Waals surface area contributed by atoms with Gasteiger partial charge < -0.3 is 15.1 Å². The van der Waals surface area contributed by atoms with Crippen LogP contribution in [0.4, 0.5) is 35.5 Å². The predicted octanol–water partition coefficient (Wildman–Crippen LogP) is 6.80. The molecule has 2 amide bonds. The van der Waals surface area contributed by atoms with Gasteiger partial charge in [0.25, 0.3) is 5.60 Å². The van der Waals surface area contributed by atoms with Gasteiger partial charge in [-0.15, -0.1) is 0 Å². The minimum Gasteiger partial charge on any atom is -0.374 e. The Morgan fingerprint density at radius 3 is 2.24 bits per heavy atom. The minimum atomic E-state index is -5.18. The highest BCUT2D eigenvalue weighted by Gasteiger charge is 2.63. The van der Waals surface area contributed by atoms with Crippen LogP contribution in [0.1, 0.15) is 35.6 Å². The molecule has 1 atom stereocenters. The Morgan fingerprint density at radius 2 is 1.70 bits per heavy atom. The second kappa shape index (κ2) is 9.23. The molecule has 1 saturated heterocycles. The van der Waals surface area contributed by atoms with E-state index >= 15 is 4.39 Å². The monoisotopic (exact) mass is 571 g/mol. The van der Waals surface area contributed by atoms with Crippen molar-refractivity contribution >= 4 is 34.9 Å². The van der Waals surface area contributed by atoms with Crippen LogP contribution in [0.2, 0.25) is 10.0 Å². The second-order valence-corrected chi connectivity index (χ2v) is 9.47. The van der Waals surface area contributed by atoms with Crippen LogP contribution in [-0.4, -0.2) is 42.5 Å². The summed E-state index contributed by atoms with van der Waals surface area (Å²) in [6.07, 6.45) is -11.2. The summed E-state index contributed by atoms with van der Waals surface area (Å²) in [6, 6.07) is 5.85. The predicted molar refractivity (Wildman–Crippen MR) is 121 cm³/mol. The van der Waals surface area contributed by atoms with Gasteiger partial charge in [-0.3, -0.25) is 0 Å². The molecule has 2 aliphatic rings. The smallest absolute Gasteiger partial charge is 0.374 e. The zero-order valence-electron chi connectivity index (χ0n) is 18.9. The molecule has 4 rings (SSSR count). The number of urea groups is 1. The Labute approximate surface area is 216 Å². The van der Waals surface area contributed by atoms with E-state index in [2.05, 4.69) is 10.5 Å². The molecule has 0 saturated carbocycles. The molecule has 0 spiro atoms. The van der Waals surface area contributed by atoms with Crippen LogP contribution in [-0.2, 0) is 22.3 Å². The molecule has 2 aromatic carbocycles. The first-order valence-corrected chi connectivity index (χ1v) is 11.6. The highest BCUT2D eigenvalue weighted by atomic mass is 35.5. The molecular formula is C23H18Cl2F7N3O2. The number of halogens is 9. The SMILES string of the molecule is CCNC(=O)N1CC(F)(c2ccc(C3=NOC(c4cc(Cl)c(Cl)c(C(F)(F)F)c4)(C(F)(F)F)C3)cc2)C1. The average Bonchev–Trinajstić information content (AvgIpc) is 3.25. The third-order valence-corrected chi connectivity index (χ3v) is 7.02. The van der Waals surface area contributed by atoms with E-state index < -0.39 is 57.2 Å². The largest absolute Gasteiger partial charge is 0.435 e. The third-order valence-electron chi connectivity index (χ3n) is 6.22. The van der Waals surface area contributed by atoms with Gasteiger partial charge in [0.1, 0.15) is 0 Å². The number of carbonyl (C=O) groups excluding carboxylic acids is 1. The van der Waals surface area contributed by atoms with Crippen LogP contribution in [0.25, 0.3) is 0 Å². The van der Waals surface area contributed by atoms with Crippen LogP contribution in [0, 0.1) is 0 Å². The quantitative estimate of drug-likeness (QED) is 0.410. The number of nitrogens with one attached hydrogen (secondary N) is 1. The standard InChI is InChI=1S/C23H18Cl2F7N3O2/c1-2-33-19(36)35-10-20(26,11-35)13-5-3-12(4-6-13)17-9-21(37-34-17,23(30,31)32)14-7-15(22(27,28)29)18(25)16(24)8-14/h3-8H,2,9-11H2,1H3,(H,33,36). The first kappa shape index (κ1) is 27.3. The number of likely N-dealkylation sites (tertiary alicyclic amines) is 1. The van der Waals surface area contributed by atoms with Gasteiger partial charge in [0.05, 0.1) is 34.4 Å². The number of hydrogen-bond donors (Lipinski definition) is 1. The molecule has 5 nitrogen and oxygen atoms in total. The van der Waals surface area contributed by atoms with Gasteiger partial charge in [-0.2, -0.15) is 26.3 Å². The van der Waals surface area contributed by atoms with Crippen molar-refractivity contribution in [3.8, 4) is 0 Å². The minimum absolute atomic E-state index is 0.148. The fraction of sp³-hybridized carbons (Fsp3) is 0.391. The van der Waals surface area contributed by atoms with E-state index in [0.717, 1.165) is 0 Å².